The molecule has 21 heavy (non-hydrogen) atoms. The molecule has 1 unspecified atom stereocenters. The van der Waals surface area contributed by atoms with Gasteiger partial charge in [0.15, 0.2) is 0 Å². The van der Waals surface area contributed by atoms with E-state index in [1.807, 2.05) is 25.1 Å². The van der Waals surface area contributed by atoms with Gasteiger partial charge in [0, 0.05) is 24.5 Å². The smallest absolute Gasteiger partial charge is 0.142 e. The van der Waals surface area contributed by atoms with Gasteiger partial charge in [-0.05, 0) is 43.6 Å². The van der Waals surface area contributed by atoms with Gasteiger partial charge in [-0.3, -0.25) is 4.79 Å². The third-order valence-electron chi connectivity index (χ3n) is 5.11. The van der Waals surface area contributed by atoms with Crippen LogP contribution >= 0.6 is 0 Å². The fourth-order valence-corrected chi connectivity index (χ4v) is 3.62. The van der Waals surface area contributed by atoms with Crippen LogP contribution in [0.25, 0.3) is 0 Å². The third kappa shape index (κ3) is 3.53. The highest BCUT2D eigenvalue weighted by molar-refractivity contribution is 5.89. The molecule has 0 spiro atoms. The molecule has 3 nitrogen and oxygen atoms in total. The molecule has 1 aliphatic carbocycles. The first kappa shape index (κ1) is 16.2. The van der Waals surface area contributed by atoms with Gasteiger partial charge in [0.2, 0.25) is 0 Å². The van der Waals surface area contributed by atoms with E-state index in [0.29, 0.717) is 6.42 Å². The van der Waals surface area contributed by atoms with Crippen LogP contribution in [0.15, 0.2) is 30.3 Å². The van der Waals surface area contributed by atoms with E-state index < -0.39 is 5.41 Å². The zero-order valence-corrected chi connectivity index (χ0v) is 12.8. The summed E-state index contributed by atoms with van der Waals surface area (Å²) in [5.41, 5.74) is 0.812. The van der Waals surface area contributed by atoms with Crippen LogP contribution in [0.4, 0.5) is 0 Å². The van der Waals surface area contributed by atoms with Crippen LogP contribution in [-0.4, -0.2) is 29.2 Å². The molecule has 1 aromatic rings. The predicted octanol–water partition coefficient (Wildman–Crippen LogP) is 2.60. The van der Waals surface area contributed by atoms with Crippen molar-refractivity contribution in [1.82, 2.24) is 0 Å². The Kier molecular flexibility index (Phi) is 5.54. The minimum atomic E-state index is -0.426. The number of hydrogen-bond acceptors (Lipinski definition) is 3. The zero-order chi connectivity index (χ0) is 15.3. The summed E-state index contributed by atoms with van der Waals surface area (Å²) in [5.74, 6) is 0.346. The lowest BCUT2D eigenvalue weighted by molar-refractivity contribution is -0.130. The molecule has 1 aromatic carbocycles. The number of hydrogen-bond donors (Lipinski definition) is 2. The molecule has 0 bridgehead atoms. The number of ketones is 1. The van der Waals surface area contributed by atoms with Gasteiger partial charge in [-0.1, -0.05) is 37.3 Å². The van der Waals surface area contributed by atoms with Crippen molar-refractivity contribution in [2.24, 2.45) is 17.3 Å². The molecule has 0 saturated heterocycles. The van der Waals surface area contributed by atoms with Crippen LogP contribution in [0.3, 0.4) is 0 Å². The molecule has 2 N–H and O–H groups in total. The number of aliphatic hydroxyl groups is 2. The Balaban J connectivity index is 2.05. The first-order chi connectivity index (χ1) is 10.1. The van der Waals surface area contributed by atoms with E-state index in [1.165, 1.54) is 5.56 Å². The summed E-state index contributed by atoms with van der Waals surface area (Å²) in [6.45, 7) is 2.22. The Morgan fingerprint density at radius 3 is 2.57 bits per heavy atom. The van der Waals surface area contributed by atoms with Crippen molar-refractivity contribution in [1.29, 1.82) is 0 Å². The van der Waals surface area contributed by atoms with E-state index in [4.69, 9.17) is 5.11 Å². The van der Waals surface area contributed by atoms with Gasteiger partial charge in [0.05, 0.1) is 0 Å². The highest BCUT2D eigenvalue weighted by atomic mass is 16.3. The van der Waals surface area contributed by atoms with Crippen LogP contribution in [-0.2, 0) is 11.2 Å². The molecule has 116 valence electrons. The summed E-state index contributed by atoms with van der Waals surface area (Å²) in [5, 5.41) is 18.6. The standard InChI is InChI=1S/C18H26O3/c1-18(10-9-14-6-3-2-4-7-14)16(13-20)12-15(17(18)21)8-5-11-19/h2-4,6-7,15-16,19-20H,5,8-13H2,1H3/t15?,16-,18-/m1/s1. The quantitative estimate of drug-likeness (QED) is 0.811. The van der Waals surface area contributed by atoms with E-state index in [2.05, 4.69) is 12.1 Å². The van der Waals surface area contributed by atoms with Crippen LogP contribution in [0.2, 0.25) is 0 Å². The van der Waals surface area contributed by atoms with E-state index in [1.54, 1.807) is 0 Å². The summed E-state index contributed by atoms with van der Waals surface area (Å²) in [7, 11) is 0. The first-order valence-corrected chi connectivity index (χ1v) is 7.91. The Morgan fingerprint density at radius 1 is 1.24 bits per heavy atom. The Labute approximate surface area is 127 Å². The molecule has 0 amide bonds. The minimum Gasteiger partial charge on any atom is -0.396 e. The number of rotatable bonds is 7. The fourth-order valence-electron chi connectivity index (χ4n) is 3.62. The highest BCUT2D eigenvalue weighted by Crippen LogP contribution is 2.47. The average molecular weight is 290 g/mol. The van der Waals surface area contributed by atoms with Gasteiger partial charge < -0.3 is 10.2 Å². The van der Waals surface area contributed by atoms with Gasteiger partial charge >= 0.3 is 0 Å². The van der Waals surface area contributed by atoms with Crippen LogP contribution < -0.4 is 0 Å². The Morgan fingerprint density at radius 2 is 1.95 bits per heavy atom. The van der Waals surface area contributed by atoms with Crippen molar-refractivity contribution in [3.8, 4) is 0 Å². The second-order valence-corrected chi connectivity index (χ2v) is 6.45. The molecule has 3 atom stereocenters. The van der Waals surface area contributed by atoms with E-state index in [-0.39, 0.29) is 30.8 Å². The fraction of sp³-hybridized carbons (Fsp3) is 0.611. The molecule has 0 heterocycles. The Hall–Kier alpha value is -1.19. The summed E-state index contributed by atoms with van der Waals surface area (Å²) >= 11 is 0. The monoisotopic (exact) mass is 290 g/mol. The van der Waals surface area contributed by atoms with Gasteiger partial charge in [0.1, 0.15) is 5.78 Å². The summed E-state index contributed by atoms with van der Waals surface area (Å²) in [6.07, 6.45) is 3.83. The maximum absolute atomic E-state index is 12.7. The van der Waals surface area contributed by atoms with Gasteiger partial charge in [0.25, 0.3) is 0 Å². The van der Waals surface area contributed by atoms with E-state index in [9.17, 15) is 9.90 Å². The SMILES string of the molecule is C[C@]1(CCc2ccccc2)C(=O)C(CCCO)C[C@@H]1CO. The van der Waals surface area contributed by atoms with Crippen molar-refractivity contribution in [2.75, 3.05) is 13.2 Å². The van der Waals surface area contributed by atoms with Crippen molar-refractivity contribution < 1.29 is 15.0 Å². The predicted molar refractivity (Wildman–Crippen MR) is 82.9 cm³/mol. The molecular formula is C18H26O3. The Bertz CT molecular complexity index is 457. The molecule has 0 aromatic heterocycles. The highest BCUT2D eigenvalue weighted by Gasteiger charge is 2.49. The van der Waals surface area contributed by atoms with Crippen molar-refractivity contribution in [2.45, 2.75) is 39.0 Å². The largest absolute Gasteiger partial charge is 0.396 e. The lowest BCUT2D eigenvalue weighted by Gasteiger charge is -2.29. The topological polar surface area (TPSA) is 57.5 Å². The van der Waals surface area contributed by atoms with Crippen molar-refractivity contribution in [3.63, 3.8) is 0 Å². The first-order valence-electron chi connectivity index (χ1n) is 7.91. The third-order valence-corrected chi connectivity index (χ3v) is 5.11. The summed E-state index contributed by atoms with van der Waals surface area (Å²) in [6, 6.07) is 10.2. The van der Waals surface area contributed by atoms with Gasteiger partial charge in [-0.25, -0.2) is 0 Å². The summed E-state index contributed by atoms with van der Waals surface area (Å²) in [4.78, 5) is 12.7. The number of Topliss-reactive ketones (excluding diaryl/α,β-unsaturated/α-hetero) is 1. The number of benzene rings is 1. The van der Waals surface area contributed by atoms with Crippen LogP contribution in [0, 0.1) is 17.3 Å². The minimum absolute atomic E-state index is 0.00933. The number of carbonyl (C=O) groups is 1. The lowest BCUT2D eigenvalue weighted by atomic mass is 9.74. The summed E-state index contributed by atoms with van der Waals surface area (Å²) < 4.78 is 0. The zero-order valence-electron chi connectivity index (χ0n) is 12.8. The second-order valence-electron chi connectivity index (χ2n) is 6.45. The molecule has 0 aliphatic heterocycles. The molecule has 1 saturated carbocycles. The number of aryl methyl sites for hydroxylation is 1. The number of carbonyl (C=O) groups excluding carboxylic acids is 1. The second kappa shape index (κ2) is 7.19. The maximum Gasteiger partial charge on any atom is 0.142 e. The van der Waals surface area contributed by atoms with Crippen LogP contribution in [0.1, 0.15) is 38.2 Å². The van der Waals surface area contributed by atoms with Crippen LogP contribution in [0.5, 0.6) is 0 Å². The van der Waals surface area contributed by atoms with Crippen molar-refractivity contribution >= 4 is 5.78 Å². The molecule has 0 radical (unpaired) electrons. The van der Waals surface area contributed by atoms with Gasteiger partial charge in [-0.2, -0.15) is 0 Å². The molecule has 1 aliphatic rings. The van der Waals surface area contributed by atoms with Gasteiger partial charge in [-0.15, -0.1) is 0 Å². The molecule has 1 fully saturated rings. The lowest BCUT2D eigenvalue weighted by Crippen LogP contribution is -2.33. The average Bonchev–Trinajstić information content (AvgIpc) is 2.76. The van der Waals surface area contributed by atoms with E-state index >= 15 is 0 Å². The molecular weight excluding hydrogens is 264 g/mol. The number of aliphatic hydroxyl groups excluding tert-OH is 2. The van der Waals surface area contributed by atoms with Crippen molar-refractivity contribution in [3.05, 3.63) is 35.9 Å². The molecule has 3 heteroatoms. The maximum atomic E-state index is 12.7. The molecule has 2 rings (SSSR count). The van der Waals surface area contributed by atoms with E-state index in [0.717, 1.165) is 25.7 Å². The normalized spacial score (nSPS) is 29.0.